The molecule has 3 aliphatic rings. The predicted octanol–water partition coefficient (Wildman–Crippen LogP) is 5.43. The molecule has 3 aliphatic heterocycles. The van der Waals surface area contributed by atoms with Crippen LogP contribution in [0.2, 0.25) is 0 Å². The molecule has 224 valence electrons. The van der Waals surface area contributed by atoms with Crippen molar-refractivity contribution in [1.82, 2.24) is 14.9 Å². The van der Waals surface area contributed by atoms with Gasteiger partial charge < -0.3 is 19.5 Å². The smallest absolute Gasteiger partial charge is 0.328 e. The molecule has 3 atom stereocenters. The molecule has 0 radical (unpaired) electrons. The van der Waals surface area contributed by atoms with Crippen LogP contribution in [0.4, 0.5) is 5.82 Å². The molecule has 0 aliphatic carbocycles. The first kappa shape index (κ1) is 29.9. The Hall–Kier alpha value is -2.55. The van der Waals surface area contributed by atoms with Gasteiger partial charge in [-0.2, -0.15) is 0 Å². The molecule has 0 bridgehead atoms. The van der Waals surface area contributed by atoms with E-state index in [1.165, 1.54) is 17.5 Å². The summed E-state index contributed by atoms with van der Waals surface area (Å²) < 4.78 is 18.4. The minimum absolute atomic E-state index is 0.102. The summed E-state index contributed by atoms with van der Waals surface area (Å²) in [6.07, 6.45) is 11.0. The highest BCUT2D eigenvalue weighted by Crippen LogP contribution is 2.35. The fraction of sp³-hybridized carbons (Fsp3) is 0.667. The number of esters is 1. The van der Waals surface area contributed by atoms with Crippen LogP contribution in [0, 0.1) is 5.92 Å². The first-order valence-corrected chi connectivity index (χ1v) is 15.6. The summed E-state index contributed by atoms with van der Waals surface area (Å²) in [6.45, 7) is 13.9. The quantitative estimate of drug-likeness (QED) is 0.302. The number of fused-ring (bicyclic) bond motifs is 2. The Kier molecular flexibility index (Phi) is 9.62. The van der Waals surface area contributed by atoms with E-state index in [1.54, 1.807) is 0 Å². The van der Waals surface area contributed by atoms with Crippen LogP contribution in [-0.2, 0) is 44.9 Å². The molecule has 0 amide bonds. The molecule has 1 fully saturated rings. The lowest BCUT2D eigenvalue weighted by molar-refractivity contribution is -0.161. The number of nitrogens with one attached hydrogen (secondary N) is 1. The minimum Gasteiger partial charge on any atom is -0.459 e. The van der Waals surface area contributed by atoms with Crippen molar-refractivity contribution in [1.29, 1.82) is 0 Å². The highest BCUT2D eigenvalue weighted by Gasteiger charge is 2.39. The van der Waals surface area contributed by atoms with Crippen molar-refractivity contribution in [3.63, 3.8) is 0 Å². The maximum Gasteiger partial charge on any atom is 0.328 e. The molecule has 2 aromatic rings. The largest absolute Gasteiger partial charge is 0.459 e. The van der Waals surface area contributed by atoms with Crippen LogP contribution < -0.4 is 5.32 Å². The number of pyridine rings is 2. The van der Waals surface area contributed by atoms with E-state index < -0.39 is 11.6 Å². The number of carbonyl (C=O) groups excluding carboxylic acids is 1. The molecule has 0 spiro atoms. The van der Waals surface area contributed by atoms with Crippen molar-refractivity contribution in [2.45, 2.75) is 110 Å². The van der Waals surface area contributed by atoms with Gasteiger partial charge in [0, 0.05) is 49.9 Å². The van der Waals surface area contributed by atoms with Gasteiger partial charge in [0.1, 0.15) is 17.5 Å². The lowest BCUT2D eigenvalue weighted by Crippen LogP contribution is -2.39. The standard InChI is InChI=1S/C33H48N4O4/c1-22(2)29-17-27-24(21-40-29)18-34-19-28(27)30(32(38)41-33(3,4)5)37-15-13-26(20-37)39-16-7-6-10-25-12-11-23-9-8-14-35-31(23)36-25/h11-12,18-19,22,26,29-30H,6-10,13-17,20-21H2,1-5H3,(H,35,36). The number of carbonyl (C=O) groups is 1. The zero-order valence-corrected chi connectivity index (χ0v) is 25.6. The van der Waals surface area contributed by atoms with E-state index in [-0.39, 0.29) is 18.2 Å². The van der Waals surface area contributed by atoms with Gasteiger partial charge in [-0.3, -0.25) is 9.88 Å². The average Bonchev–Trinajstić information content (AvgIpc) is 3.40. The summed E-state index contributed by atoms with van der Waals surface area (Å²) >= 11 is 0. The maximum atomic E-state index is 13.7. The fourth-order valence-electron chi connectivity index (χ4n) is 6.16. The molecule has 0 saturated carbocycles. The van der Waals surface area contributed by atoms with E-state index in [0.717, 1.165) is 74.3 Å². The molecule has 8 nitrogen and oxygen atoms in total. The van der Waals surface area contributed by atoms with E-state index >= 15 is 0 Å². The van der Waals surface area contributed by atoms with Gasteiger partial charge in [0.15, 0.2) is 0 Å². The Balaban J connectivity index is 1.19. The van der Waals surface area contributed by atoms with Gasteiger partial charge in [0.05, 0.1) is 18.8 Å². The predicted molar refractivity (Wildman–Crippen MR) is 160 cm³/mol. The number of unbranched alkanes of at least 4 members (excludes halogenated alkanes) is 1. The number of rotatable bonds is 10. The average molecular weight is 565 g/mol. The Labute approximate surface area is 245 Å². The Morgan fingerprint density at radius 2 is 2.05 bits per heavy atom. The molecule has 5 heterocycles. The summed E-state index contributed by atoms with van der Waals surface area (Å²) in [5, 5.41) is 3.43. The number of aryl methyl sites for hydroxylation is 2. The second kappa shape index (κ2) is 13.2. The Morgan fingerprint density at radius 1 is 1.20 bits per heavy atom. The molecular formula is C33H48N4O4. The molecule has 5 rings (SSSR count). The SMILES string of the molecule is CC(C)C1Cc2c(cncc2C(C(=O)OC(C)(C)C)N2CCC(OCCCCc3ccc4c(n3)NCCC4)C2)CO1. The third kappa shape index (κ3) is 7.65. The van der Waals surface area contributed by atoms with Gasteiger partial charge in [0.25, 0.3) is 0 Å². The first-order chi connectivity index (χ1) is 19.7. The lowest BCUT2D eigenvalue weighted by atomic mass is 9.88. The van der Waals surface area contributed by atoms with Crippen molar-refractivity contribution in [2.24, 2.45) is 5.92 Å². The third-order valence-corrected chi connectivity index (χ3v) is 8.38. The van der Waals surface area contributed by atoms with Crippen LogP contribution in [0.3, 0.4) is 0 Å². The number of hydrogen-bond acceptors (Lipinski definition) is 8. The molecular weight excluding hydrogens is 516 g/mol. The number of nitrogens with zero attached hydrogens (tertiary/aromatic N) is 3. The summed E-state index contributed by atoms with van der Waals surface area (Å²) in [7, 11) is 0. The summed E-state index contributed by atoms with van der Waals surface area (Å²) in [5.74, 6) is 1.25. The molecule has 1 saturated heterocycles. The topological polar surface area (TPSA) is 85.8 Å². The second-order valence-electron chi connectivity index (χ2n) is 13.2. The number of aromatic nitrogens is 2. The second-order valence-corrected chi connectivity index (χ2v) is 13.2. The Bertz CT molecular complexity index is 1190. The number of hydrogen-bond donors (Lipinski definition) is 1. The zero-order chi connectivity index (χ0) is 29.0. The summed E-state index contributed by atoms with van der Waals surface area (Å²) in [5.41, 5.74) is 5.13. The van der Waals surface area contributed by atoms with Crippen LogP contribution in [-0.4, -0.2) is 64.9 Å². The minimum atomic E-state index is -0.570. The molecule has 0 aromatic carbocycles. The van der Waals surface area contributed by atoms with Crippen LogP contribution in [0.25, 0.3) is 0 Å². The van der Waals surface area contributed by atoms with Gasteiger partial charge in [-0.15, -0.1) is 0 Å². The van der Waals surface area contributed by atoms with Gasteiger partial charge in [-0.1, -0.05) is 19.9 Å². The molecule has 1 N–H and O–H groups in total. The van der Waals surface area contributed by atoms with Gasteiger partial charge in [-0.05, 0) is 94.4 Å². The molecule has 41 heavy (non-hydrogen) atoms. The van der Waals surface area contributed by atoms with E-state index in [4.69, 9.17) is 19.2 Å². The van der Waals surface area contributed by atoms with Crippen LogP contribution in [0.1, 0.15) is 94.3 Å². The number of likely N-dealkylation sites (tertiary alicyclic amines) is 1. The van der Waals surface area contributed by atoms with E-state index in [1.807, 2.05) is 33.2 Å². The third-order valence-electron chi connectivity index (χ3n) is 8.38. The summed E-state index contributed by atoms with van der Waals surface area (Å²) in [6, 6.07) is 3.90. The first-order valence-electron chi connectivity index (χ1n) is 15.6. The van der Waals surface area contributed by atoms with E-state index in [2.05, 4.69) is 41.2 Å². The van der Waals surface area contributed by atoms with E-state index in [0.29, 0.717) is 25.7 Å². The van der Waals surface area contributed by atoms with Gasteiger partial charge in [-0.25, -0.2) is 9.78 Å². The fourth-order valence-corrected chi connectivity index (χ4v) is 6.16. The molecule has 3 unspecified atom stereocenters. The summed E-state index contributed by atoms with van der Waals surface area (Å²) in [4.78, 5) is 25.3. The van der Waals surface area contributed by atoms with Crippen molar-refractivity contribution < 1.29 is 19.0 Å². The van der Waals surface area contributed by atoms with Crippen LogP contribution in [0.5, 0.6) is 0 Å². The van der Waals surface area contributed by atoms with Crippen molar-refractivity contribution >= 4 is 11.8 Å². The number of anilines is 1. The monoisotopic (exact) mass is 564 g/mol. The maximum absolute atomic E-state index is 13.7. The number of ether oxygens (including phenoxy) is 3. The van der Waals surface area contributed by atoms with Crippen molar-refractivity contribution in [3.05, 3.63) is 52.5 Å². The molecule has 8 heteroatoms. The van der Waals surface area contributed by atoms with Crippen molar-refractivity contribution in [3.8, 4) is 0 Å². The highest BCUT2D eigenvalue weighted by atomic mass is 16.6. The van der Waals surface area contributed by atoms with E-state index in [9.17, 15) is 4.79 Å². The molecule has 2 aromatic heterocycles. The van der Waals surface area contributed by atoms with Crippen LogP contribution >= 0.6 is 0 Å². The van der Waals surface area contributed by atoms with Crippen LogP contribution in [0.15, 0.2) is 24.5 Å². The Morgan fingerprint density at radius 3 is 2.85 bits per heavy atom. The van der Waals surface area contributed by atoms with Gasteiger partial charge >= 0.3 is 5.97 Å². The zero-order valence-electron chi connectivity index (χ0n) is 25.6. The lowest BCUT2D eigenvalue weighted by Gasteiger charge is -2.34. The normalized spacial score (nSPS) is 21.7. The van der Waals surface area contributed by atoms with Crippen molar-refractivity contribution in [2.75, 3.05) is 31.6 Å². The van der Waals surface area contributed by atoms with Gasteiger partial charge in [0.2, 0.25) is 0 Å². The highest BCUT2D eigenvalue weighted by molar-refractivity contribution is 5.79.